The fraction of sp³-hybridized carbons (Fsp3) is 0.214. The lowest BCUT2D eigenvalue weighted by atomic mass is 9.87. The predicted molar refractivity (Wildman–Crippen MR) is 136 cm³/mol. The Hall–Kier alpha value is -4.37. The van der Waals surface area contributed by atoms with E-state index in [0.717, 1.165) is 44.4 Å². The van der Waals surface area contributed by atoms with Gasteiger partial charge in [0.2, 0.25) is 0 Å². The molecule has 0 saturated heterocycles. The van der Waals surface area contributed by atoms with E-state index >= 15 is 0 Å². The number of benzene rings is 3. The number of rotatable bonds is 5. The summed E-state index contributed by atoms with van der Waals surface area (Å²) in [4.78, 5) is 18.9. The number of methoxy groups -OCH3 is 1. The Morgan fingerprint density at radius 1 is 1.14 bits per heavy atom. The maximum atomic E-state index is 14.7. The number of halogens is 1. The van der Waals surface area contributed by atoms with Crippen LogP contribution in [0.1, 0.15) is 34.0 Å². The topological polar surface area (TPSA) is 99.8 Å². The fourth-order valence-electron chi connectivity index (χ4n) is 5.48. The van der Waals surface area contributed by atoms with Crippen molar-refractivity contribution in [3.8, 4) is 11.4 Å². The van der Waals surface area contributed by atoms with E-state index in [0.29, 0.717) is 18.8 Å². The summed E-state index contributed by atoms with van der Waals surface area (Å²) in [7, 11) is 1.41. The number of H-pyrrole nitrogens is 2. The van der Waals surface area contributed by atoms with Crippen LogP contribution in [0.2, 0.25) is 0 Å². The molecular weight excluding hydrogens is 471 g/mol. The van der Waals surface area contributed by atoms with Crippen LogP contribution in [0.15, 0.2) is 66.7 Å². The number of para-hydroxylation sites is 1. The summed E-state index contributed by atoms with van der Waals surface area (Å²) in [6.07, 6.45) is 0.475. The zero-order valence-corrected chi connectivity index (χ0v) is 20.4. The lowest BCUT2D eigenvalue weighted by Gasteiger charge is -2.41. The van der Waals surface area contributed by atoms with Crippen LogP contribution in [0.4, 0.5) is 4.39 Å². The first-order valence-corrected chi connectivity index (χ1v) is 12.0. The Morgan fingerprint density at radius 2 is 2.00 bits per heavy atom. The highest BCUT2D eigenvalue weighted by Crippen LogP contribution is 2.42. The molecule has 0 amide bonds. The number of ether oxygens (including phenoxy) is 1. The van der Waals surface area contributed by atoms with Crippen molar-refractivity contribution in [1.82, 2.24) is 30.5 Å². The molecule has 3 aromatic carbocycles. The molecule has 37 heavy (non-hydrogen) atoms. The smallest absolute Gasteiger partial charge is 0.323 e. The second-order valence-electron chi connectivity index (χ2n) is 9.39. The standard InChI is InChI=1S/C28H25FN6O2/c1-16-10-19(13-20(29)11-16)26-25-22(21-8-3-4-9-23(21)30-25)14-24(28(36)37-2)35(26)15-17-6-5-7-18(12-17)27-31-33-34-32-27/h3-13,24,26,30H,14-15H2,1-2H3,(H,31,32,33,34)/t24-,26+/m0/s1. The summed E-state index contributed by atoms with van der Waals surface area (Å²) >= 11 is 0. The van der Waals surface area contributed by atoms with Gasteiger partial charge in [0.05, 0.1) is 13.2 Å². The first-order chi connectivity index (χ1) is 18.0. The van der Waals surface area contributed by atoms with E-state index < -0.39 is 12.1 Å². The van der Waals surface area contributed by atoms with Crippen molar-refractivity contribution in [1.29, 1.82) is 0 Å². The third kappa shape index (κ3) is 4.17. The van der Waals surface area contributed by atoms with E-state index in [-0.39, 0.29) is 11.8 Å². The molecule has 186 valence electrons. The Balaban J connectivity index is 1.52. The van der Waals surface area contributed by atoms with Crippen molar-refractivity contribution in [3.05, 3.63) is 100 Å². The zero-order chi connectivity index (χ0) is 25.5. The van der Waals surface area contributed by atoms with Crippen LogP contribution in [0, 0.1) is 12.7 Å². The minimum absolute atomic E-state index is 0.312. The van der Waals surface area contributed by atoms with Crippen LogP contribution < -0.4 is 0 Å². The highest BCUT2D eigenvalue weighted by molar-refractivity contribution is 5.87. The zero-order valence-electron chi connectivity index (χ0n) is 20.4. The number of fused-ring (bicyclic) bond motifs is 3. The number of nitrogens with one attached hydrogen (secondary N) is 2. The molecule has 0 spiro atoms. The van der Waals surface area contributed by atoms with Crippen LogP contribution in [-0.2, 0) is 22.5 Å². The maximum Gasteiger partial charge on any atom is 0.323 e. The number of hydrogen-bond acceptors (Lipinski definition) is 6. The Kier molecular flexibility index (Phi) is 5.77. The second-order valence-corrected chi connectivity index (χ2v) is 9.39. The average Bonchev–Trinajstić information content (AvgIpc) is 3.56. The van der Waals surface area contributed by atoms with E-state index in [1.165, 1.54) is 13.2 Å². The number of aromatic amines is 2. The van der Waals surface area contributed by atoms with Gasteiger partial charge in [0.15, 0.2) is 5.82 Å². The molecule has 2 aromatic heterocycles. The van der Waals surface area contributed by atoms with E-state index in [2.05, 4.69) is 36.6 Å². The van der Waals surface area contributed by atoms with Crippen LogP contribution in [0.3, 0.4) is 0 Å². The summed E-state index contributed by atoms with van der Waals surface area (Å²) in [5.74, 6) is -0.0857. The first kappa shape index (κ1) is 23.1. The summed E-state index contributed by atoms with van der Waals surface area (Å²) in [5, 5.41) is 15.2. The lowest BCUT2D eigenvalue weighted by molar-refractivity contribution is -0.148. The molecule has 9 heteroatoms. The SMILES string of the molecule is COC(=O)[C@@H]1Cc2c([nH]c3ccccc23)[C@@H](c2cc(C)cc(F)c2)N1Cc1cccc(-c2nnn[nH]2)c1. The molecule has 0 aliphatic carbocycles. The fourth-order valence-corrected chi connectivity index (χ4v) is 5.48. The molecule has 5 aromatic rings. The van der Waals surface area contributed by atoms with Crippen LogP contribution in [-0.4, -0.2) is 49.6 Å². The summed E-state index contributed by atoms with van der Waals surface area (Å²) in [6, 6.07) is 19.9. The van der Waals surface area contributed by atoms with Crippen molar-refractivity contribution >= 4 is 16.9 Å². The molecule has 2 atom stereocenters. The van der Waals surface area contributed by atoms with Gasteiger partial charge in [-0.2, -0.15) is 0 Å². The highest BCUT2D eigenvalue weighted by Gasteiger charge is 2.41. The first-order valence-electron chi connectivity index (χ1n) is 12.0. The highest BCUT2D eigenvalue weighted by atomic mass is 19.1. The van der Waals surface area contributed by atoms with E-state index in [9.17, 15) is 9.18 Å². The second kappa shape index (κ2) is 9.25. The molecule has 2 N–H and O–H groups in total. The summed E-state index contributed by atoms with van der Waals surface area (Å²) in [6.45, 7) is 2.29. The Labute approximate surface area is 212 Å². The van der Waals surface area contributed by atoms with Crippen molar-refractivity contribution in [2.75, 3.05) is 7.11 Å². The number of nitrogens with zero attached hydrogens (tertiary/aromatic N) is 4. The number of tetrazole rings is 1. The molecule has 0 unspecified atom stereocenters. The average molecular weight is 497 g/mol. The van der Waals surface area contributed by atoms with Crippen molar-refractivity contribution in [3.63, 3.8) is 0 Å². The monoisotopic (exact) mass is 496 g/mol. The number of esters is 1. The van der Waals surface area contributed by atoms with E-state index in [1.54, 1.807) is 6.07 Å². The quantitative estimate of drug-likeness (QED) is 0.348. The number of carbonyl (C=O) groups excluding carboxylic acids is 1. The van der Waals surface area contributed by atoms with Gasteiger partial charge in [-0.1, -0.05) is 42.5 Å². The molecule has 0 saturated carbocycles. The van der Waals surface area contributed by atoms with Crippen molar-refractivity contribution in [2.45, 2.75) is 32.0 Å². The van der Waals surface area contributed by atoms with Gasteiger partial charge in [0.1, 0.15) is 11.9 Å². The third-order valence-electron chi connectivity index (χ3n) is 7.01. The molecule has 3 heterocycles. The number of aromatic nitrogens is 5. The molecule has 0 bridgehead atoms. The van der Waals surface area contributed by atoms with Crippen molar-refractivity contribution in [2.24, 2.45) is 0 Å². The van der Waals surface area contributed by atoms with Crippen molar-refractivity contribution < 1.29 is 13.9 Å². The Morgan fingerprint density at radius 3 is 2.78 bits per heavy atom. The van der Waals surface area contributed by atoms with E-state index in [1.807, 2.05) is 55.5 Å². The third-order valence-corrected chi connectivity index (χ3v) is 7.01. The minimum Gasteiger partial charge on any atom is -0.468 e. The van der Waals surface area contributed by atoms with Crippen LogP contribution >= 0.6 is 0 Å². The minimum atomic E-state index is -0.569. The van der Waals surface area contributed by atoms with E-state index in [4.69, 9.17) is 4.74 Å². The number of hydrogen-bond donors (Lipinski definition) is 2. The lowest BCUT2D eigenvalue weighted by Crippen LogP contribution is -2.48. The van der Waals surface area contributed by atoms with Crippen LogP contribution in [0.25, 0.3) is 22.3 Å². The van der Waals surface area contributed by atoms with Gasteiger partial charge in [-0.25, -0.2) is 9.49 Å². The molecule has 1 aliphatic heterocycles. The Bertz CT molecular complexity index is 1580. The van der Waals surface area contributed by atoms with Gasteiger partial charge < -0.3 is 9.72 Å². The molecule has 6 rings (SSSR count). The van der Waals surface area contributed by atoms with Gasteiger partial charge in [-0.05, 0) is 63.9 Å². The maximum absolute atomic E-state index is 14.7. The van der Waals surface area contributed by atoms with Gasteiger partial charge in [0, 0.05) is 35.1 Å². The molecule has 1 aliphatic rings. The number of aryl methyl sites for hydroxylation is 1. The molecule has 0 radical (unpaired) electrons. The van der Waals surface area contributed by atoms with Gasteiger partial charge in [-0.3, -0.25) is 9.69 Å². The summed E-state index contributed by atoms with van der Waals surface area (Å²) < 4.78 is 20.0. The van der Waals surface area contributed by atoms with Crippen LogP contribution in [0.5, 0.6) is 0 Å². The van der Waals surface area contributed by atoms with Gasteiger partial charge >= 0.3 is 5.97 Å². The molecule has 8 nitrogen and oxygen atoms in total. The molecular formula is C28H25FN6O2. The van der Waals surface area contributed by atoms with Gasteiger partial charge in [0.25, 0.3) is 0 Å². The predicted octanol–water partition coefficient (Wildman–Crippen LogP) is 4.48. The molecule has 0 fully saturated rings. The summed E-state index contributed by atoms with van der Waals surface area (Å²) in [5.41, 5.74) is 6.37. The van der Waals surface area contributed by atoms with Gasteiger partial charge in [-0.15, -0.1) is 5.10 Å². The largest absolute Gasteiger partial charge is 0.468 e. The number of carbonyl (C=O) groups is 1. The normalized spacial score (nSPS) is 17.6.